The normalized spacial score (nSPS) is 11.7. The molecule has 2 rings (SSSR count). The third-order valence-corrected chi connectivity index (χ3v) is 3.76. The Hall–Kier alpha value is -2.96. The van der Waals surface area contributed by atoms with Crippen molar-refractivity contribution in [3.05, 3.63) is 65.7 Å². The van der Waals surface area contributed by atoms with E-state index in [-0.39, 0.29) is 17.4 Å². The topological polar surface area (TPSA) is 64.6 Å². The van der Waals surface area contributed by atoms with Crippen molar-refractivity contribution in [3.8, 4) is 5.75 Å². The van der Waals surface area contributed by atoms with Crippen molar-refractivity contribution in [2.24, 2.45) is 0 Å². The molecule has 0 spiro atoms. The number of ether oxygens (including phenoxy) is 2. The van der Waals surface area contributed by atoms with Gasteiger partial charge < -0.3 is 14.8 Å². The Kier molecular flexibility index (Phi) is 7.73. The number of carbonyl (C=O) groups is 2. The van der Waals surface area contributed by atoms with Gasteiger partial charge in [-0.3, -0.25) is 4.79 Å². The molecule has 0 saturated heterocycles. The van der Waals surface area contributed by atoms with E-state index in [9.17, 15) is 18.4 Å². The predicted octanol–water partition coefficient (Wildman–Crippen LogP) is 4.10. The van der Waals surface area contributed by atoms with Crippen LogP contribution in [0.1, 0.15) is 41.7 Å². The highest BCUT2D eigenvalue weighted by molar-refractivity contribution is 5.91. The van der Waals surface area contributed by atoms with Gasteiger partial charge in [0, 0.05) is 0 Å². The summed E-state index contributed by atoms with van der Waals surface area (Å²) in [7, 11) is 0. The first-order valence-electron chi connectivity index (χ1n) is 8.56. The summed E-state index contributed by atoms with van der Waals surface area (Å²) in [6.07, 6.45) is 1.64. The average Bonchev–Trinajstić information content (AvgIpc) is 2.66. The Balaban J connectivity index is 1.87. The Labute approximate surface area is 156 Å². The minimum atomic E-state index is -2.94. The lowest BCUT2D eigenvalue weighted by Crippen LogP contribution is -2.32. The fraction of sp³-hybridized carbons (Fsp3) is 0.300. The molecule has 0 bridgehead atoms. The van der Waals surface area contributed by atoms with E-state index in [2.05, 4.69) is 10.1 Å². The second kappa shape index (κ2) is 10.3. The third kappa shape index (κ3) is 6.69. The van der Waals surface area contributed by atoms with Crippen LogP contribution in [0.3, 0.4) is 0 Å². The lowest BCUT2D eigenvalue weighted by atomic mass is 10.0. The van der Waals surface area contributed by atoms with Crippen LogP contribution in [0.5, 0.6) is 5.75 Å². The summed E-state index contributed by atoms with van der Waals surface area (Å²) in [4.78, 5) is 24.1. The fourth-order valence-electron chi connectivity index (χ4n) is 2.52. The predicted molar refractivity (Wildman–Crippen MR) is 95.6 cm³/mol. The number of nitrogens with one attached hydrogen (secondary N) is 1. The number of esters is 1. The highest BCUT2D eigenvalue weighted by Gasteiger charge is 2.16. The molecule has 5 nitrogen and oxygen atoms in total. The second-order valence-corrected chi connectivity index (χ2v) is 5.80. The number of halogens is 2. The monoisotopic (exact) mass is 377 g/mol. The van der Waals surface area contributed by atoms with E-state index in [0.717, 1.165) is 18.4 Å². The van der Waals surface area contributed by atoms with Crippen molar-refractivity contribution in [1.29, 1.82) is 0 Å². The van der Waals surface area contributed by atoms with E-state index in [4.69, 9.17) is 4.74 Å². The van der Waals surface area contributed by atoms with Crippen LogP contribution in [0.2, 0.25) is 0 Å². The Morgan fingerprint density at radius 1 is 1.04 bits per heavy atom. The minimum Gasteiger partial charge on any atom is -0.452 e. The highest BCUT2D eigenvalue weighted by atomic mass is 19.3. The summed E-state index contributed by atoms with van der Waals surface area (Å²) in [5.74, 6) is -1.20. The molecule has 0 aromatic heterocycles. The van der Waals surface area contributed by atoms with Crippen molar-refractivity contribution in [1.82, 2.24) is 5.32 Å². The zero-order chi connectivity index (χ0) is 19.6. The number of carbonyl (C=O) groups excluding carboxylic acids is 2. The van der Waals surface area contributed by atoms with Crippen LogP contribution in [-0.4, -0.2) is 25.1 Å². The molecule has 0 heterocycles. The lowest BCUT2D eigenvalue weighted by molar-refractivity contribution is -0.125. The molecule has 0 aliphatic heterocycles. The van der Waals surface area contributed by atoms with Gasteiger partial charge in [-0.2, -0.15) is 8.78 Å². The minimum absolute atomic E-state index is 0.0652. The summed E-state index contributed by atoms with van der Waals surface area (Å²) >= 11 is 0. The van der Waals surface area contributed by atoms with Gasteiger partial charge in [0.05, 0.1) is 11.6 Å². The smallest absolute Gasteiger partial charge is 0.387 e. The molecule has 0 aliphatic rings. The van der Waals surface area contributed by atoms with Crippen LogP contribution < -0.4 is 10.1 Å². The largest absolute Gasteiger partial charge is 0.452 e. The lowest BCUT2D eigenvalue weighted by Gasteiger charge is -2.18. The van der Waals surface area contributed by atoms with Gasteiger partial charge in [0.15, 0.2) is 6.61 Å². The molecule has 1 N–H and O–H groups in total. The first-order valence-corrected chi connectivity index (χ1v) is 8.56. The molecule has 0 fully saturated rings. The maximum atomic E-state index is 12.1. The number of hydrogen-bond donors (Lipinski definition) is 1. The maximum absolute atomic E-state index is 12.1. The van der Waals surface area contributed by atoms with Crippen molar-refractivity contribution < 1.29 is 27.8 Å². The van der Waals surface area contributed by atoms with Gasteiger partial charge in [0.2, 0.25) is 0 Å². The van der Waals surface area contributed by atoms with E-state index in [1.54, 1.807) is 0 Å². The molecule has 144 valence electrons. The molecule has 7 heteroatoms. The number of benzene rings is 2. The first kappa shape index (κ1) is 20.4. The van der Waals surface area contributed by atoms with Gasteiger partial charge in [-0.25, -0.2) is 4.79 Å². The molecule has 2 aromatic rings. The molecule has 2 aromatic carbocycles. The number of hydrogen-bond acceptors (Lipinski definition) is 4. The number of rotatable bonds is 9. The van der Waals surface area contributed by atoms with Crippen LogP contribution >= 0.6 is 0 Å². The van der Waals surface area contributed by atoms with Crippen molar-refractivity contribution in [2.75, 3.05) is 6.61 Å². The number of alkyl halides is 2. The molecule has 1 atom stereocenters. The Morgan fingerprint density at radius 2 is 1.70 bits per heavy atom. The third-order valence-electron chi connectivity index (χ3n) is 3.76. The average molecular weight is 377 g/mol. The van der Waals surface area contributed by atoms with Crippen molar-refractivity contribution >= 4 is 11.9 Å². The summed E-state index contributed by atoms with van der Waals surface area (Å²) in [5, 5.41) is 2.85. The molecule has 0 aliphatic carbocycles. The van der Waals surface area contributed by atoms with Crippen LogP contribution in [0.4, 0.5) is 8.78 Å². The Morgan fingerprint density at radius 3 is 2.30 bits per heavy atom. The van der Waals surface area contributed by atoms with Gasteiger partial charge >= 0.3 is 12.6 Å². The van der Waals surface area contributed by atoms with Gasteiger partial charge in [-0.1, -0.05) is 43.7 Å². The molecule has 0 unspecified atom stereocenters. The van der Waals surface area contributed by atoms with E-state index >= 15 is 0 Å². The molecular formula is C20H21F2NO4. The van der Waals surface area contributed by atoms with Crippen molar-refractivity contribution in [3.63, 3.8) is 0 Å². The molecule has 0 saturated carbocycles. The summed E-state index contributed by atoms with van der Waals surface area (Å²) in [6, 6.07) is 14.4. The molecule has 1 amide bonds. The van der Waals surface area contributed by atoms with E-state index in [1.165, 1.54) is 24.3 Å². The number of amides is 1. The SMILES string of the molecule is CCC[C@@H](NC(=O)COC(=O)c1ccc(OC(F)F)cc1)c1ccccc1. The van der Waals surface area contributed by atoms with Crippen LogP contribution in [0, 0.1) is 0 Å². The fourth-order valence-corrected chi connectivity index (χ4v) is 2.52. The van der Waals surface area contributed by atoms with Crippen LogP contribution in [0.15, 0.2) is 54.6 Å². The summed E-state index contributed by atoms with van der Waals surface area (Å²) in [5.41, 5.74) is 1.12. The van der Waals surface area contributed by atoms with Crippen LogP contribution in [-0.2, 0) is 9.53 Å². The molecular weight excluding hydrogens is 356 g/mol. The van der Waals surface area contributed by atoms with Crippen molar-refractivity contribution in [2.45, 2.75) is 32.4 Å². The van der Waals surface area contributed by atoms with Crippen LogP contribution in [0.25, 0.3) is 0 Å². The standard InChI is InChI=1S/C20H21F2NO4/c1-2-6-17(14-7-4-3-5-8-14)23-18(24)13-26-19(25)15-9-11-16(12-10-15)27-20(21)22/h3-5,7-12,17,20H,2,6,13H2,1H3,(H,23,24)/t17-/m1/s1. The molecule has 0 radical (unpaired) electrons. The van der Waals surface area contributed by atoms with Gasteiger partial charge in [-0.05, 0) is 36.2 Å². The second-order valence-electron chi connectivity index (χ2n) is 5.80. The van der Waals surface area contributed by atoms with Gasteiger partial charge in [-0.15, -0.1) is 0 Å². The maximum Gasteiger partial charge on any atom is 0.387 e. The zero-order valence-corrected chi connectivity index (χ0v) is 14.9. The zero-order valence-electron chi connectivity index (χ0n) is 14.9. The van der Waals surface area contributed by atoms with E-state index < -0.39 is 25.1 Å². The highest BCUT2D eigenvalue weighted by Crippen LogP contribution is 2.18. The first-order chi connectivity index (χ1) is 13.0. The molecule has 27 heavy (non-hydrogen) atoms. The van der Waals surface area contributed by atoms with Gasteiger partial charge in [0.25, 0.3) is 5.91 Å². The van der Waals surface area contributed by atoms with Gasteiger partial charge in [0.1, 0.15) is 5.75 Å². The summed E-state index contributed by atoms with van der Waals surface area (Å²) < 4.78 is 33.4. The van der Waals surface area contributed by atoms with E-state index in [1.807, 2.05) is 37.3 Å². The summed E-state index contributed by atoms with van der Waals surface area (Å²) in [6.45, 7) is -1.35. The van der Waals surface area contributed by atoms with E-state index in [0.29, 0.717) is 0 Å². The Bertz CT molecular complexity index is 735. The quantitative estimate of drug-likeness (QED) is 0.668.